The summed E-state index contributed by atoms with van der Waals surface area (Å²) in [4.78, 5) is 12.4. The van der Waals surface area contributed by atoms with Crippen LogP contribution in [0, 0.1) is 0 Å². The van der Waals surface area contributed by atoms with E-state index < -0.39 is 0 Å². The molecule has 1 aromatic heterocycles. The van der Waals surface area contributed by atoms with Crippen LogP contribution in [0.25, 0.3) is 10.9 Å². The minimum atomic E-state index is 0.152. The monoisotopic (exact) mass is 306 g/mol. The van der Waals surface area contributed by atoms with Crippen LogP contribution >= 0.6 is 23.5 Å². The number of carbonyl (C=O) groups is 1. The minimum absolute atomic E-state index is 0.152. The van der Waals surface area contributed by atoms with Gasteiger partial charge < -0.3 is 0 Å². The predicted molar refractivity (Wildman–Crippen MR) is 87.7 cm³/mol. The van der Waals surface area contributed by atoms with Crippen molar-refractivity contribution < 1.29 is 4.79 Å². The average molecular weight is 306 g/mol. The molecule has 3 rings (SSSR count). The molecule has 1 unspecified atom stereocenters. The molecule has 1 saturated heterocycles. The molecule has 2 aromatic rings. The molecule has 0 N–H and O–H groups in total. The lowest BCUT2D eigenvalue weighted by Crippen LogP contribution is -2.26. The van der Waals surface area contributed by atoms with Gasteiger partial charge >= 0.3 is 0 Å². The van der Waals surface area contributed by atoms with Gasteiger partial charge in [0.25, 0.3) is 0 Å². The third kappa shape index (κ3) is 2.74. The summed E-state index contributed by atoms with van der Waals surface area (Å²) >= 11 is 3.69. The van der Waals surface area contributed by atoms with E-state index >= 15 is 0 Å². The second kappa shape index (κ2) is 6.22. The lowest BCUT2D eigenvalue weighted by molar-refractivity contribution is -0.117. The molecule has 5 heteroatoms. The molecule has 1 fully saturated rings. The summed E-state index contributed by atoms with van der Waals surface area (Å²) in [6, 6.07) is 8.18. The summed E-state index contributed by atoms with van der Waals surface area (Å²) in [5.41, 5.74) is 2.06. The van der Waals surface area contributed by atoms with Crippen LogP contribution in [0.3, 0.4) is 0 Å². The number of hydrogen-bond donors (Lipinski definition) is 0. The maximum atomic E-state index is 12.4. The second-order valence-corrected chi connectivity index (χ2v) is 7.32. The Kier molecular flexibility index (Phi) is 4.36. The van der Waals surface area contributed by atoms with Gasteiger partial charge in [0.1, 0.15) is 0 Å². The van der Waals surface area contributed by atoms with E-state index in [1.54, 1.807) is 11.8 Å². The van der Waals surface area contributed by atoms with Crippen LogP contribution < -0.4 is 0 Å². The average Bonchev–Trinajstić information content (AvgIpc) is 2.86. The zero-order valence-corrected chi connectivity index (χ0v) is 13.2. The highest BCUT2D eigenvalue weighted by molar-refractivity contribution is 8.07. The molecule has 1 atom stereocenters. The first-order chi connectivity index (χ1) is 9.79. The van der Waals surface area contributed by atoms with E-state index in [1.165, 1.54) is 5.75 Å². The van der Waals surface area contributed by atoms with E-state index in [9.17, 15) is 4.79 Å². The van der Waals surface area contributed by atoms with E-state index in [1.807, 2.05) is 28.6 Å². The SMILES string of the molecule is CCn1nc(CC(=O)C2CSCCS2)c2ccccc21. The van der Waals surface area contributed by atoms with Crippen LogP contribution in [0.5, 0.6) is 0 Å². The molecule has 0 saturated carbocycles. The van der Waals surface area contributed by atoms with Crippen molar-refractivity contribution in [1.82, 2.24) is 9.78 Å². The molecule has 0 bridgehead atoms. The summed E-state index contributed by atoms with van der Waals surface area (Å²) in [6.07, 6.45) is 0.464. The summed E-state index contributed by atoms with van der Waals surface area (Å²) in [7, 11) is 0. The quantitative estimate of drug-likeness (QED) is 0.870. The molecule has 3 nitrogen and oxygen atoms in total. The van der Waals surface area contributed by atoms with Gasteiger partial charge in [0.05, 0.1) is 22.9 Å². The highest BCUT2D eigenvalue weighted by Crippen LogP contribution is 2.27. The number of carbonyl (C=O) groups excluding carboxylic acids is 1. The molecule has 1 aliphatic heterocycles. The lowest BCUT2D eigenvalue weighted by atomic mass is 10.1. The number of benzene rings is 1. The predicted octanol–water partition coefficient (Wildman–Crippen LogP) is 3.02. The highest BCUT2D eigenvalue weighted by atomic mass is 32.2. The van der Waals surface area contributed by atoms with Gasteiger partial charge in [-0.3, -0.25) is 9.48 Å². The summed E-state index contributed by atoms with van der Waals surface area (Å²) < 4.78 is 1.99. The number of hydrogen-bond acceptors (Lipinski definition) is 4. The van der Waals surface area contributed by atoms with E-state index in [-0.39, 0.29) is 5.25 Å². The van der Waals surface area contributed by atoms with Gasteiger partial charge in [-0.2, -0.15) is 16.9 Å². The zero-order valence-electron chi connectivity index (χ0n) is 11.5. The van der Waals surface area contributed by atoms with E-state index in [0.29, 0.717) is 12.2 Å². The molecule has 1 aliphatic rings. The van der Waals surface area contributed by atoms with Crippen LogP contribution in [0.4, 0.5) is 0 Å². The molecule has 0 amide bonds. The van der Waals surface area contributed by atoms with Crippen LogP contribution in [0.2, 0.25) is 0 Å². The summed E-state index contributed by atoms with van der Waals surface area (Å²) in [5.74, 6) is 3.54. The summed E-state index contributed by atoms with van der Waals surface area (Å²) in [5, 5.41) is 5.90. The fourth-order valence-corrected chi connectivity index (χ4v) is 5.17. The Labute approximate surface area is 127 Å². The van der Waals surface area contributed by atoms with Crippen LogP contribution in [0.15, 0.2) is 24.3 Å². The number of thioether (sulfide) groups is 2. The number of fused-ring (bicyclic) bond motifs is 1. The molecule has 0 spiro atoms. The van der Waals surface area contributed by atoms with Crippen molar-refractivity contribution in [3.05, 3.63) is 30.0 Å². The Bertz CT molecular complexity index is 617. The third-order valence-corrected chi connectivity index (χ3v) is 6.35. The number of para-hydroxylation sites is 1. The van der Waals surface area contributed by atoms with E-state index in [4.69, 9.17) is 0 Å². The topological polar surface area (TPSA) is 34.9 Å². The first-order valence-electron chi connectivity index (χ1n) is 6.96. The minimum Gasteiger partial charge on any atom is -0.298 e. The maximum Gasteiger partial charge on any atom is 0.152 e. The molecule has 106 valence electrons. The van der Waals surface area contributed by atoms with Crippen molar-refractivity contribution in [3.63, 3.8) is 0 Å². The fraction of sp³-hybridized carbons (Fsp3) is 0.467. The number of aromatic nitrogens is 2. The van der Waals surface area contributed by atoms with Gasteiger partial charge in [-0.1, -0.05) is 18.2 Å². The third-order valence-electron chi connectivity index (χ3n) is 3.55. The molecule has 0 radical (unpaired) electrons. The van der Waals surface area contributed by atoms with Crippen LogP contribution in [-0.4, -0.2) is 38.1 Å². The first-order valence-corrected chi connectivity index (χ1v) is 9.16. The number of nitrogens with zero attached hydrogens (tertiary/aromatic N) is 2. The van der Waals surface area contributed by atoms with E-state index in [0.717, 1.165) is 34.6 Å². The smallest absolute Gasteiger partial charge is 0.152 e. The molecule has 0 aliphatic carbocycles. The molecular formula is C15H18N2OS2. The van der Waals surface area contributed by atoms with Crippen LogP contribution in [0.1, 0.15) is 12.6 Å². The number of aryl methyl sites for hydroxylation is 1. The summed E-state index contributed by atoms with van der Waals surface area (Å²) in [6.45, 7) is 2.92. The molecule has 2 heterocycles. The molecular weight excluding hydrogens is 288 g/mol. The lowest BCUT2D eigenvalue weighted by Gasteiger charge is -2.19. The fourth-order valence-electron chi connectivity index (χ4n) is 2.52. The van der Waals surface area contributed by atoms with Gasteiger partial charge in [-0.15, -0.1) is 11.8 Å². The van der Waals surface area contributed by atoms with Gasteiger partial charge in [-0.25, -0.2) is 0 Å². The van der Waals surface area contributed by atoms with Crippen molar-refractivity contribution in [2.24, 2.45) is 0 Å². The zero-order chi connectivity index (χ0) is 13.9. The van der Waals surface area contributed by atoms with Gasteiger partial charge in [0.15, 0.2) is 5.78 Å². The van der Waals surface area contributed by atoms with Crippen molar-refractivity contribution in [3.8, 4) is 0 Å². The normalized spacial score (nSPS) is 19.4. The Morgan fingerprint density at radius 1 is 1.40 bits per heavy atom. The number of rotatable bonds is 4. The largest absolute Gasteiger partial charge is 0.298 e. The van der Waals surface area contributed by atoms with Gasteiger partial charge in [-0.05, 0) is 13.0 Å². The highest BCUT2D eigenvalue weighted by Gasteiger charge is 2.23. The van der Waals surface area contributed by atoms with Gasteiger partial charge in [0.2, 0.25) is 0 Å². The van der Waals surface area contributed by atoms with Crippen molar-refractivity contribution in [1.29, 1.82) is 0 Å². The van der Waals surface area contributed by atoms with Crippen molar-refractivity contribution in [2.75, 3.05) is 17.3 Å². The number of Topliss-reactive ketones (excluding diaryl/α,β-unsaturated/α-hetero) is 1. The van der Waals surface area contributed by atoms with Gasteiger partial charge in [0, 0.05) is 29.2 Å². The van der Waals surface area contributed by atoms with Crippen molar-refractivity contribution in [2.45, 2.75) is 25.1 Å². The van der Waals surface area contributed by atoms with Crippen LogP contribution in [-0.2, 0) is 17.8 Å². The van der Waals surface area contributed by atoms with E-state index in [2.05, 4.69) is 24.2 Å². The Morgan fingerprint density at radius 2 is 2.25 bits per heavy atom. The Hall–Kier alpha value is -0.940. The Balaban J connectivity index is 1.85. The standard InChI is InChI=1S/C15H18N2OS2/c1-2-17-13-6-4-3-5-11(13)12(16-17)9-14(18)15-10-19-7-8-20-15/h3-6,15H,2,7-10H2,1H3. The molecule has 1 aromatic carbocycles. The molecule has 20 heavy (non-hydrogen) atoms. The Morgan fingerprint density at radius 3 is 3.00 bits per heavy atom. The number of ketones is 1. The second-order valence-electron chi connectivity index (χ2n) is 4.86. The maximum absolute atomic E-state index is 12.4. The first kappa shape index (κ1) is 14.0. The van der Waals surface area contributed by atoms with Crippen molar-refractivity contribution >= 4 is 40.2 Å².